The standard InChI is InChI=1S/C19H23BrN2O3/c1-24-17-6-4-3-5-16(17)22-9-7-21(8-10-22)13-14-11-15(20)12-18(25-2)19(14)23/h3-6,11-12,23H,7-10,13H2,1-2H3. The zero-order valence-electron chi connectivity index (χ0n) is 14.5. The Morgan fingerprint density at radius 1 is 1.00 bits per heavy atom. The third-order valence-corrected chi connectivity index (χ3v) is 4.99. The first-order valence-corrected chi connectivity index (χ1v) is 9.07. The maximum absolute atomic E-state index is 10.3. The molecular formula is C19H23BrN2O3. The third kappa shape index (κ3) is 4.02. The number of piperazine rings is 1. The lowest BCUT2D eigenvalue weighted by molar-refractivity contribution is 0.245. The van der Waals surface area contributed by atoms with E-state index >= 15 is 0 Å². The molecule has 1 aliphatic rings. The SMILES string of the molecule is COc1ccccc1N1CCN(Cc2cc(Br)cc(OC)c2O)CC1. The summed E-state index contributed by atoms with van der Waals surface area (Å²) in [5.74, 6) is 1.63. The molecule has 0 amide bonds. The summed E-state index contributed by atoms with van der Waals surface area (Å²) in [5.41, 5.74) is 2.01. The fourth-order valence-electron chi connectivity index (χ4n) is 3.18. The molecule has 2 aromatic rings. The van der Waals surface area contributed by atoms with Crippen molar-refractivity contribution in [1.82, 2.24) is 4.90 Å². The number of para-hydroxylation sites is 2. The number of hydrogen-bond acceptors (Lipinski definition) is 5. The van der Waals surface area contributed by atoms with Crippen LogP contribution in [-0.2, 0) is 6.54 Å². The number of rotatable bonds is 5. The van der Waals surface area contributed by atoms with Crippen molar-refractivity contribution in [2.24, 2.45) is 0 Å². The molecule has 25 heavy (non-hydrogen) atoms. The molecule has 0 aliphatic carbocycles. The maximum Gasteiger partial charge on any atom is 0.162 e. The summed E-state index contributed by atoms with van der Waals surface area (Å²) < 4.78 is 11.6. The molecular weight excluding hydrogens is 384 g/mol. The zero-order chi connectivity index (χ0) is 17.8. The molecule has 134 valence electrons. The number of phenols is 1. The summed E-state index contributed by atoms with van der Waals surface area (Å²) >= 11 is 3.48. The summed E-state index contributed by atoms with van der Waals surface area (Å²) in [6.45, 7) is 4.39. The summed E-state index contributed by atoms with van der Waals surface area (Å²) in [6, 6.07) is 11.8. The summed E-state index contributed by atoms with van der Waals surface area (Å²) in [6.07, 6.45) is 0. The first kappa shape index (κ1) is 17.9. The van der Waals surface area contributed by atoms with Gasteiger partial charge in [-0.3, -0.25) is 4.90 Å². The largest absolute Gasteiger partial charge is 0.504 e. The highest BCUT2D eigenvalue weighted by molar-refractivity contribution is 9.10. The Kier molecular flexibility index (Phi) is 5.71. The quantitative estimate of drug-likeness (QED) is 0.822. The van der Waals surface area contributed by atoms with Gasteiger partial charge in [0.05, 0.1) is 19.9 Å². The van der Waals surface area contributed by atoms with Gasteiger partial charge in [-0.15, -0.1) is 0 Å². The second-order valence-corrected chi connectivity index (χ2v) is 6.97. The van der Waals surface area contributed by atoms with E-state index in [1.54, 1.807) is 20.3 Å². The number of methoxy groups -OCH3 is 2. The zero-order valence-corrected chi connectivity index (χ0v) is 16.1. The molecule has 0 spiro atoms. The number of anilines is 1. The van der Waals surface area contributed by atoms with E-state index in [9.17, 15) is 5.11 Å². The normalized spacial score (nSPS) is 15.2. The summed E-state index contributed by atoms with van der Waals surface area (Å²) in [7, 11) is 3.27. The van der Waals surface area contributed by atoms with Crippen LogP contribution >= 0.6 is 15.9 Å². The Hall–Kier alpha value is -1.92. The van der Waals surface area contributed by atoms with Crippen LogP contribution in [0.2, 0.25) is 0 Å². The van der Waals surface area contributed by atoms with Crippen LogP contribution in [-0.4, -0.2) is 50.4 Å². The van der Waals surface area contributed by atoms with Gasteiger partial charge in [-0.25, -0.2) is 0 Å². The Bertz CT molecular complexity index is 731. The lowest BCUT2D eigenvalue weighted by Crippen LogP contribution is -2.46. The number of nitrogens with zero attached hydrogens (tertiary/aromatic N) is 2. The Balaban J connectivity index is 1.66. The van der Waals surface area contributed by atoms with Crippen molar-refractivity contribution in [3.8, 4) is 17.2 Å². The summed E-state index contributed by atoms with van der Waals surface area (Å²) in [5, 5.41) is 10.3. The average Bonchev–Trinajstić information content (AvgIpc) is 2.65. The minimum absolute atomic E-state index is 0.220. The first-order valence-electron chi connectivity index (χ1n) is 8.28. The van der Waals surface area contributed by atoms with E-state index in [1.165, 1.54) is 0 Å². The van der Waals surface area contributed by atoms with Gasteiger partial charge >= 0.3 is 0 Å². The molecule has 1 fully saturated rings. The van der Waals surface area contributed by atoms with E-state index in [0.717, 1.165) is 47.7 Å². The number of halogens is 1. The van der Waals surface area contributed by atoms with E-state index < -0.39 is 0 Å². The van der Waals surface area contributed by atoms with Crippen molar-refractivity contribution >= 4 is 21.6 Å². The van der Waals surface area contributed by atoms with Gasteiger partial charge in [-0.1, -0.05) is 28.1 Å². The van der Waals surface area contributed by atoms with Crippen molar-refractivity contribution in [2.45, 2.75) is 6.54 Å². The molecule has 0 saturated carbocycles. The maximum atomic E-state index is 10.3. The molecule has 1 heterocycles. The van der Waals surface area contributed by atoms with Crippen LogP contribution < -0.4 is 14.4 Å². The van der Waals surface area contributed by atoms with E-state index in [2.05, 4.69) is 31.8 Å². The number of phenolic OH excluding ortho intramolecular Hbond substituents is 1. The molecule has 2 aromatic carbocycles. The van der Waals surface area contributed by atoms with E-state index in [1.807, 2.05) is 24.3 Å². The second kappa shape index (κ2) is 7.97. The Labute approximate surface area is 156 Å². The lowest BCUT2D eigenvalue weighted by Gasteiger charge is -2.36. The van der Waals surface area contributed by atoms with Crippen LogP contribution in [0.4, 0.5) is 5.69 Å². The first-order chi connectivity index (χ1) is 12.1. The van der Waals surface area contributed by atoms with Gasteiger partial charge in [0.15, 0.2) is 11.5 Å². The smallest absolute Gasteiger partial charge is 0.162 e. The third-order valence-electron chi connectivity index (χ3n) is 4.53. The predicted molar refractivity (Wildman–Crippen MR) is 103 cm³/mol. The van der Waals surface area contributed by atoms with Gasteiger partial charge < -0.3 is 19.5 Å². The molecule has 5 nitrogen and oxygen atoms in total. The van der Waals surface area contributed by atoms with Gasteiger partial charge in [0.1, 0.15) is 5.75 Å². The van der Waals surface area contributed by atoms with Crippen molar-refractivity contribution < 1.29 is 14.6 Å². The van der Waals surface area contributed by atoms with Gasteiger partial charge in [-0.2, -0.15) is 0 Å². The average molecular weight is 407 g/mol. The molecule has 0 atom stereocenters. The summed E-state index contributed by atoms with van der Waals surface area (Å²) in [4.78, 5) is 4.68. The second-order valence-electron chi connectivity index (χ2n) is 6.05. The lowest BCUT2D eigenvalue weighted by atomic mass is 10.1. The number of aromatic hydroxyl groups is 1. The number of hydrogen-bond donors (Lipinski definition) is 1. The van der Waals surface area contributed by atoms with Crippen LogP contribution in [0.1, 0.15) is 5.56 Å². The highest BCUT2D eigenvalue weighted by atomic mass is 79.9. The predicted octanol–water partition coefficient (Wildman–Crippen LogP) is 3.49. The van der Waals surface area contributed by atoms with Gasteiger partial charge in [0, 0.05) is 42.8 Å². The molecule has 1 saturated heterocycles. The fraction of sp³-hybridized carbons (Fsp3) is 0.368. The van der Waals surface area contributed by atoms with Crippen molar-refractivity contribution in [1.29, 1.82) is 0 Å². The monoisotopic (exact) mass is 406 g/mol. The Morgan fingerprint density at radius 3 is 2.36 bits per heavy atom. The molecule has 0 unspecified atom stereocenters. The van der Waals surface area contributed by atoms with Crippen LogP contribution in [0.5, 0.6) is 17.2 Å². The van der Waals surface area contributed by atoms with Crippen LogP contribution in [0.25, 0.3) is 0 Å². The van der Waals surface area contributed by atoms with Crippen molar-refractivity contribution in [3.05, 3.63) is 46.4 Å². The van der Waals surface area contributed by atoms with E-state index in [4.69, 9.17) is 9.47 Å². The molecule has 6 heteroatoms. The molecule has 0 bridgehead atoms. The molecule has 0 aromatic heterocycles. The topological polar surface area (TPSA) is 45.2 Å². The molecule has 1 aliphatic heterocycles. The van der Waals surface area contributed by atoms with Crippen LogP contribution in [0.3, 0.4) is 0 Å². The fourth-order valence-corrected chi connectivity index (χ4v) is 3.67. The van der Waals surface area contributed by atoms with E-state index in [0.29, 0.717) is 12.3 Å². The number of ether oxygens (including phenoxy) is 2. The minimum Gasteiger partial charge on any atom is -0.504 e. The van der Waals surface area contributed by atoms with Gasteiger partial charge in [-0.05, 0) is 24.3 Å². The Morgan fingerprint density at radius 2 is 1.68 bits per heavy atom. The van der Waals surface area contributed by atoms with Gasteiger partial charge in [0.25, 0.3) is 0 Å². The minimum atomic E-state index is 0.220. The molecule has 3 rings (SSSR count). The van der Waals surface area contributed by atoms with Crippen LogP contribution in [0, 0.1) is 0 Å². The van der Waals surface area contributed by atoms with Crippen LogP contribution in [0.15, 0.2) is 40.9 Å². The van der Waals surface area contributed by atoms with Crippen molar-refractivity contribution in [3.63, 3.8) is 0 Å². The van der Waals surface area contributed by atoms with E-state index in [-0.39, 0.29) is 5.75 Å². The highest BCUT2D eigenvalue weighted by Crippen LogP contribution is 2.35. The number of benzene rings is 2. The van der Waals surface area contributed by atoms with Gasteiger partial charge in [0.2, 0.25) is 0 Å². The van der Waals surface area contributed by atoms with Crippen molar-refractivity contribution in [2.75, 3.05) is 45.3 Å². The molecule has 0 radical (unpaired) electrons. The highest BCUT2D eigenvalue weighted by Gasteiger charge is 2.21. The molecule has 1 N–H and O–H groups in total.